The van der Waals surface area contributed by atoms with Crippen molar-refractivity contribution in [1.82, 2.24) is 15.4 Å². The van der Waals surface area contributed by atoms with Crippen LogP contribution in [0.2, 0.25) is 0 Å². The molecule has 0 radical (unpaired) electrons. The lowest BCUT2D eigenvalue weighted by Gasteiger charge is -2.29. The number of pyridine rings is 1. The van der Waals surface area contributed by atoms with Gasteiger partial charge in [0.05, 0.1) is 17.3 Å². The van der Waals surface area contributed by atoms with Gasteiger partial charge in [-0.2, -0.15) is 5.26 Å². The van der Waals surface area contributed by atoms with E-state index in [1.54, 1.807) is 0 Å². The van der Waals surface area contributed by atoms with Crippen LogP contribution in [0.3, 0.4) is 0 Å². The molecule has 0 saturated heterocycles. The summed E-state index contributed by atoms with van der Waals surface area (Å²) < 4.78 is 5.31. The number of nitrogens with zero attached hydrogens (tertiary/aromatic N) is 4. The Hall–Kier alpha value is -3.26. The van der Waals surface area contributed by atoms with Crippen molar-refractivity contribution in [2.24, 2.45) is 11.8 Å². The second kappa shape index (κ2) is 7.16. The van der Waals surface area contributed by atoms with Gasteiger partial charge in [0.15, 0.2) is 5.76 Å². The molecule has 3 aromatic rings. The Morgan fingerprint density at radius 3 is 2.81 bits per heavy atom. The summed E-state index contributed by atoms with van der Waals surface area (Å²) in [5.74, 6) is 2.05. The van der Waals surface area contributed by atoms with Gasteiger partial charge in [0.1, 0.15) is 5.69 Å². The Morgan fingerprint density at radius 1 is 1.19 bits per heavy atom. The average Bonchev–Trinajstić information content (AvgIpc) is 3.16. The Bertz CT molecular complexity index is 1010. The molecule has 0 unspecified atom stereocenters. The summed E-state index contributed by atoms with van der Waals surface area (Å²) >= 11 is 0. The van der Waals surface area contributed by atoms with Gasteiger partial charge in [-0.15, -0.1) is 5.10 Å². The van der Waals surface area contributed by atoms with E-state index >= 15 is 0 Å². The van der Waals surface area contributed by atoms with E-state index in [1.807, 2.05) is 48.7 Å². The van der Waals surface area contributed by atoms with Crippen LogP contribution < -0.4 is 0 Å². The van der Waals surface area contributed by atoms with Gasteiger partial charge >= 0.3 is 0 Å². The molecule has 134 valence electrons. The van der Waals surface area contributed by atoms with Crippen LogP contribution in [0.25, 0.3) is 17.2 Å². The van der Waals surface area contributed by atoms with E-state index in [9.17, 15) is 5.26 Å². The Kier molecular flexibility index (Phi) is 4.55. The van der Waals surface area contributed by atoms with Gasteiger partial charge in [0.2, 0.25) is 0 Å². The Balaban J connectivity index is 1.58. The first-order valence-electron chi connectivity index (χ1n) is 9.12. The fraction of sp³-hybridized carbons (Fsp3) is 0.273. The third-order valence-electron chi connectivity index (χ3n) is 5.49. The first-order chi connectivity index (χ1) is 13.2. The van der Waals surface area contributed by atoms with Gasteiger partial charge in [-0.25, -0.2) is 0 Å². The van der Waals surface area contributed by atoms with Crippen LogP contribution >= 0.6 is 0 Å². The molecule has 0 fully saturated rings. The van der Waals surface area contributed by atoms with Crippen molar-refractivity contribution in [3.63, 3.8) is 0 Å². The Morgan fingerprint density at radius 2 is 2.04 bits per heavy atom. The lowest BCUT2D eigenvalue weighted by molar-refractivity contribution is 0.282. The largest absolute Gasteiger partial charge is 0.342 e. The Labute approximate surface area is 158 Å². The van der Waals surface area contributed by atoms with Gasteiger partial charge < -0.3 is 4.52 Å². The zero-order chi connectivity index (χ0) is 18.8. The van der Waals surface area contributed by atoms with Gasteiger partial charge in [-0.05, 0) is 30.0 Å². The number of aromatic nitrogens is 3. The normalized spacial score (nSPS) is 21.7. The van der Waals surface area contributed by atoms with E-state index in [-0.39, 0.29) is 5.92 Å². The summed E-state index contributed by atoms with van der Waals surface area (Å²) in [5.41, 5.74) is 4.30. The van der Waals surface area contributed by atoms with Crippen molar-refractivity contribution >= 4 is 6.08 Å². The highest BCUT2D eigenvalue weighted by atomic mass is 16.5. The van der Waals surface area contributed by atoms with Gasteiger partial charge in [0.25, 0.3) is 0 Å². The highest BCUT2D eigenvalue weighted by molar-refractivity contribution is 5.70. The van der Waals surface area contributed by atoms with Crippen molar-refractivity contribution in [3.05, 3.63) is 71.4 Å². The summed E-state index contributed by atoms with van der Waals surface area (Å²) in [5, 5.41) is 17.2. The first kappa shape index (κ1) is 17.2. The van der Waals surface area contributed by atoms with Crippen LogP contribution in [0.15, 0.2) is 53.2 Å². The zero-order valence-electron chi connectivity index (χ0n) is 15.3. The highest BCUT2D eigenvalue weighted by Crippen LogP contribution is 2.39. The molecule has 1 aliphatic rings. The maximum Gasteiger partial charge on any atom is 0.161 e. The number of hydrogen-bond donors (Lipinski definition) is 0. The lowest BCUT2D eigenvalue weighted by atomic mass is 9.74. The molecule has 0 bridgehead atoms. The van der Waals surface area contributed by atoms with Crippen LogP contribution in [0.5, 0.6) is 0 Å². The fourth-order valence-corrected chi connectivity index (χ4v) is 3.66. The molecule has 0 amide bonds. The summed E-state index contributed by atoms with van der Waals surface area (Å²) in [4.78, 5) is 4.55. The molecular weight excluding hydrogens is 336 g/mol. The first-order valence-corrected chi connectivity index (χ1v) is 9.12. The van der Waals surface area contributed by atoms with E-state index in [0.717, 1.165) is 34.7 Å². The fourth-order valence-electron chi connectivity index (χ4n) is 3.66. The van der Waals surface area contributed by atoms with Gasteiger partial charge in [-0.3, -0.25) is 4.98 Å². The minimum absolute atomic E-state index is 0.177. The molecule has 2 aromatic heterocycles. The minimum atomic E-state index is 0.177. The zero-order valence-corrected chi connectivity index (χ0v) is 15.3. The summed E-state index contributed by atoms with van der Waals surface area (Å²) in [6, 6.07) is 13.8. The minimum Gasteiger partial charge on any atom is -0.342 e. The number of hydrogen-bond acceptors (Lipinski definition) is 5. The van der Waals surface area contributed by atoms with Crippen LogP contribution in [0.1, 0.15) is 42.5 Å². The van der Waals surface area contributed by atoms with E-state index in [4.69, 9.17) is 4.52 Å². The van der Waals surface area contributed by atoms with Crippen molar-refractivity contribution < 1.29 is 4.52 Å². The molecule has 4 rings (SSSR count). The quantitative estimate of drug-likeness (QED) is 0.684. The molecule has 5 nitrogen and oxygen atoms in total. The number of nitriles is 1. The smallest absolute Gasteiger partial charge is 0.161 e. The predicted molar refractivity (Wildman–Crippen MR) is 102 cm³/mol. The van der Waals surface area contributed by atoms with Crippen LogP contribution in [0.4, 0.5) is 0 Å². The third-order valence-corrected chi connectivity index (χ3v) is 5.49. The van der Waals surface area contributed by atoms with Crippen LogP contribution in [0, 0.1) is 23.2 Å². The maximum absolute atomic E-state index is 9.27. The molecule has 0 saturated carbocycles. The number of rotatable bonds is 3. The van der Waals surface area contributed by atoms with E-state index < -0.39 is 0 Å². The molecule has 3 atom stereocenters. The van der Waals surface area contributed by atoms with Crippen molar-refractivity contribution in [3.8, 4) is 17.2 Å². The second-order valence-corrected chi connectivity index (χ2v) is 7.14. The molecule has 2 heterocycles. The van der Waals surface area contributed by atoms with Crippen molar-refractivity contribution in [2.75, 3.05) is 0 Å². The topological polar surface area (TPSA) is 75.6 Å². The number of benzene rings is 1. The van der Waals surface area contributed by atoms with Gasteiger partial charge in [0, 0.05) is 34.9 Å². The molecule has 27 heavy (non-hydrogen) atoms. The van der Waals surface area contributed by atoms with E-state index in [0.29, 0.717) is 17.4 Å². The molecule has 0 aliphatic heterocycles. The van der Waals surface area contributed by atoms with E-state index in [1.165, 1.54) is 0 Å². The van der Waals surface area contributed by atoms with Crippen molar-refractivity contribution in [1.29, 1.82) is 5.26 Å². The summed E-state index contributed by atoms with van der Waals surface area (Å²) in [7, 11) is 0. The molecular formula is C22H20N4O. The monoisotopic (exact) mass is 356 g/mol. The summed E-state index contributed by atoms with van der Waals surface area (Å²) in [6.45, 7) is 4.48. The second-order valence-electron chi connectivity index (χ2n) is 7.14. The molecule has 1 aromatic carbocycles. The van der Waals surface area contributed by atoms with Crippen LogP contribution in [-0.4, -0.2) is 15.4 Å². The third kappa shape index (κ3) is 3.26. The van der Waals surface area contributed by atoms with E-state index in [2.05, 4.69) is 41.3 Å². The number of fused-ring (bicyclic) bond motifs is 1. The lowest BCUT2D eigenvalue weighted by Crippen LogP contribution is -2.24. The molecule has 5 heteroatoms. The standard InChI is InChI=1S/C22H20N4O/c1-14-11-21-22(25-26-27-21)19(15(14)2)10-9-18-8-7-17(13-24-18)20-6-4-3-5-16(20)12-23/h3-10,13-15,19H,11H2,1-2H3/t14-,15+,19-/m0/s1. The number of allylic oxidation sites excluding steroid dienone is 1. The highest BCUT2D eigenvalue weighted by Gasteiger charge is 2.34. The average molecular weight is 356 g/mol. The molecule has 1 aliphatic carbocycles. The molecule has 0 spiro atoms. The maximum atomic E-state index is 9.27. The predicted octanol–water partition coefficient (Wildman–Crippen LogP) is 4.63. The molecule has 0 N–H and O–H groups in total. The van der Waals surface area contributed by atoms with Crippen LogP contribution in [-0.2, 0) is 6.42 Å². The van der Waals surface area contributed by atoms with Crippen molar-refractivity contribution in [2.45, 2.75) is 26.2 Å². The summed E-state index contributed by atoms with van der Waals surface area (Å²) in [6.07, 6.45) is 6.87. The van der Waals surface area contributed by atoms with Gasteiger partial charge in [-0.1, -0.05) is 44.2 Å². The SMILES string of the molecule is C[C@H]1[C@H](C=Cc2ccc(-c3ccccc3C#N)cn2)c2nnoc2C[C@@H]1C.